The van der Waals surface area contributed by atoms with E-state index in [4.69, 9.17) is 0 Å². The Labute approximate surface area is 166 Å². The maximum absolute atomic E-state index is 11.3. The highest BCUT2D eigenvalue weighted by molar-refractivity contribution is 9.10. The standard InChI is InChI=1S/C18H27BrN2O.2ClH/c19-16-6-4-5-15(13-16)17(14-21-11-9-20-10-12-21)18(22)7-2-1-3-8-18;;/h4-6,13,17,20,22H,1-3,7-12,14H2;2*1H. The molecule has 0 bridgehead atoms. The van der Waals surface area contributed by atoms with Gasteiger partial charge in [-0.1, -0.05) is 47.3 Å². The maximum Gasteiger partial charge on any atom is 0.0728 e. The molecule has 1 atom stereocenters. The first-order valence-corrected chi connectivity index (χ1v) is 9.38. The van der Waals surface area contributed by atoms with E-state index in [0.717, 1.165) is 62.9 Å². The van der Waals surface area contributed by atoms with E-state index in [9.17, 15) is 5.11 Å². The number of halogens is 3. The predicted molar refractivity (Wildman–Crippen MR) is 109 cm³/mol. The average molecular weight is 440 g/mol. The molecule has 138 valence electrons. The number of hydrogen-bond donors (Lipinski definition) is 2. The second-order valence-corrected chi connectivity index (χ2v) is 7.74. The van der Waals surface area contributed by atoms with E-state index in [-0.39, 0.29) is 30.7 Å². The van der Waals surface area contributed by atoms with Crippen LogP contribution in [0.5, 0.6) is 0 Å². The summed E-state index contributed by atoms with van der Waals surface area (Å²) >= 11 is 3.59. The highest BCUT2D eigenvalue weighted by atomic mass is 79.9. The fourth-order valence-corrected chi connectivity index (χ4v) is 4.39. The molecule has 2 N–H and O–H groups in total. The van der Waals surface area contributed by atoms with Crippen LogP contribution >= 0.6 is 40.7 Å². The third-order valence-electron chi connectivity index (χ3n) is 5.27. The molecule has 3 nitrogen and oxygen atoms in total. The Morgan fingerprint density at radius 2 is 1.79 bits per heavy atom. The lowest BCUT2D eigenvalue weighted by Gasteiger charge is -2.42. The summed E-state index contributed by atoms with van der Waals surface area (Å²) in [5, 5.41) is 14.8. The van der Waals surface area contributed by atoms with Crippen LogP contribution in [-0.2, 0) is 0 Å². The van der Waals surface area contributed by atoms with Gasteiger partial charge in [0.15, 0.2) is 0 Å². The number of hydrogen-bond acceptors (Lipinski definition) is 3. The van der Waals surface area contributed by atoms with Crippen molar-refractivity contribution in [1.82, 2.24) is 10.2 Å². The number of nitrogens with one attached hydrogen (secondary N) is 1. The van der Waals surface area contributed by atoms with E-state index in [1.54, 1.807) is 0 Å². The zero-order chi connectivity index (χ0) is 15.4. The summed E-state index contributed by atoms with van der Waals surface area (Å²) in [5.74, 6) is 0.211. The number of piperazine rings is 1. The predicted octanol–water partition coefficient (Wildman–Crippen LogP) is 3.98. The van der Waals surface area contributed by atoms with Crippen molar-refractivity contribution in [3.05, 3.63) is 34.3 Å². The molecule has 1 aromatic rings. The summed E-state index contributed by atoms with van der Waals surface area (Å²) in [7, 11) is 0. The van der Waals surface area contributed by atoms with Gasteiger partial charge in [-0.2, -0.15) is 0 Å². The van der Waals surface area contributed by atoms with Crippen LogP contribution in [0, 0.1) is 0 Å². The van der Waals surface area contributed by atoms with Gasteiger partial charge in [-0.3, -0.25) is 0 Å². The molecular weight excluding hydrogens is 411 g/mol. The molecule has 3 rings (SSSR count). The summed E-state index contributed by atoms with van der Waals surface area (Å²) in [6, 6.07) is 8.54. The molecule has 2 fully saturated rings. The van der Waals surface area contributed by atoms with Gasteiger partial charge in [-0.25, -0.2) is 0 Å². The molecule has 0 amide bonds. The van der Waals surface area contributed by atoms with Gasteiger partial charge >= 0.3 is 0 Å². The number of aliphatic hydroxyl groups is 1. The molecule has 1 aliphatic heterocycles. The third-order valence-corrected chi connectivity index (χ3v) is 5.76. The molecule has 1 saturated heterocycles. The van der Waals surface area contributed by atoms with Gasteiger partial charge in [0.2, 0.25) is 0 Å². The van der Waals surface area contributed by atoms with Crippen molar-refractivity contribution in [3.63, 3.8) is 0 Å². The molecule has 2 aliphatic rings. The monoisotopic (exact) mass is 438 g/mol. The first-order chi connectivity index (χ1) is 10.7. The summed E-state index contributed by atoms with van der Waals surface area (Å²) in [6.07, 6.45) is 5.46. The fourth-order valence-electron chi connectivity index (χ4n) is 3.97. The molecule has 1 unspecified atom stereocenters. The van der Waals surface area contributed by atoms with Crippen LogP contribution in [0.2, 0.25) is 0 Å². The van der Waals surface area contributed by atoms with E-state index >= 15 is 0 Å². The van der Waals surface area contributed by atoms with Crippen LogP contribution in [-0.4, -0.2) is 48.3 Å². The Bertz CT molecular complexity index is 492. The molecule has 1 saturated carbocycles. The van der Waals surface area contributed by atoms with Crippen molar-refractivity contribution < 1.29 is 5.11 Å². The molecule has 1 heterocycles. The van der Waals surface area contributed by atoms with Crippen molar-refractivity contribution in [1.29, 1.82) is 0 Å². The fraction of sp³-hybridized carbons (Fsp3) is 0.667. The summed E-state index contributed by atoms with van der Waals surface area (Å²) in [6.45, 7) is 5.25. The largest absolute Gasteiger partial charge is 0.389 e. The van der Waals surface area contributed by atoms with Crippen LogP contribution in [0.3, 0.4) is 0 Å². The lowest BCUT2D eigenvalue weighted by atomic mass is 9.72. The van der Waals surface area contributed by atoms with Crippen molar-refractivity contribution in [2.75, 3.05) is 32.7 Å². The second-order valence-electron chi connectivity index (χ2n) is 6.82. The van der Waals surface area contributed by atoms with Gasteiger partial charge < -0.3 is 15.3 Å². The molecule has 0 spiro atoms. The lowest BCUT2D eigenvalue weighted by Crippen LogP contribution is -2.49. The van der Waals surface area contributed by atoms with Crippen LogP contribution in [0.1, 0.15) is 43.6 Å². The first kappa shape index (κ1) is 22.2. The topological polar surface area (TPSA) is 35.5 Å². The van der Waals surface area contributed by atoms with Gasteiger partial charge in [0.25, 0.3) is 0 Å². The van der Waals surface area contributed by atoms with Crippen molar-refractivity contribution in [3.8, 4) is 0 Å². The zero-order valence-electron chi connectivity index (χ0n) is 14.0. The molecule has 0 radical (unpaired) electrons. The Hall–Kier alpha value is 0.160. The summed E-state index contributed by atoms with van der Waals surface area (Å²) < 4.78 is 1.11. The van der Waals surface area contributed by atoms with Gasteiger partial charge in [0.05, 0.1) is 5.60 Å². The van der Waals surface area contributed by atoms with E-state index in [2.05, 4.69) is 50.4 Å². The summed E-state index contributed by atoms with van der Waals surface area (Å²) in [4.78, 5) is 2.51. The van der Waals surface area contributed by atoms with E-state index < -0.39 is 5.60 Å². The molecule has 0 aromatic heterocycles. The third kappa shape index (κ3) is 5.58. The van der Waals surface area contributed by atoms with E-state index in [0.29, 0.717) is 0 Å². The summed E-state index contributed by atoms with van der Waals surface area (Å²) in [5.41, 5.74) is 0.738. The maximum atomic E-state index is 11.3. The number of nitrogens with zero attached hydrogens (tertiary/aromatic N) is 1. The molecule has 1 aliphatic carbocycles. The van der Waals surface area contributed by atoms with Crippen molar-refractivity contribution in [2.45, 2.75) is 43.6 Å². The smallest absolute Gasteiger partial charge is 0.0728 e. The minimum Gasteiger partial charge on any atom is -0.389 e. The zero-order valence-corrected chi connectivity index (χ0v) is 17.3. The minimum absolute atomic E-state index is 0. The van der Waals surface area contributed by atoms with E-state index in [1.165, 1.54) is 12.0 Å². The van der Waals surface area contributed by atoms with Gasteiger partial charge in [0, 0.05) is 43.1 Å². The van der Waals surface area contributed by atoms with Gasteiger partial charge in [-0.05, 0) is 30.5 Å². The Morgan fingerprint density at radius 1 is 1.12 bits per heavy atom. The molecule has 1 aromatic carbocycles. The van der Waals surface area contributed by atoms with Crippen molar-refractivity contribution in [2.24, 2.45) is 0 Å². The number of rotatable bonds is 4. The molecule has 6 heteroatoms. The average Bonchev–Trinajstić information content (AvgIpc) is 2.54. The van der Waals surface area contributed by atoms with Crippen LogP contribution in [0.4, 0.5) is 0 Å². The van der Waals surface area contributed by atoms with Crippen LogP contribution in [0.15, 0.2) is 28.7 Å². The SMILES string of the molecule is Cl.Cl.OC1(C(CN2CCNCC2)c2cccc(Br)c2)CCCCC1. The van der Waals surface area contributed by atoms with Gasteiger partial charge in [-0.15, -0.1) is 24.8 Å². The second kappa shape index (κ2) is 10.3. The van der Waals surface area contributed by atoms with Crippen LogP contribution < -0.4 is 5.32 Å². The quantitative estimate of drug-likeness (QED) is 0.744. The minimum atomic E-state index is -0.538. The highest BCUT2D eigenvalue weighted by Crippen LogP contribution is 2.41. The Morgan fingerprint density at radius 3 is 2.42 bits per heavy atom. The van der Waals surface area contributed by atoms with E-state index in [1.807, 2.05) is 0 Å². The van der Waals surface area contributed by atoms with Crippen LogP contribution in [0.25, 0.3) is 0 Å². The molecular formula is C18H29BrCl2N2O. The Kier molecular flexibility index (Phi) is 9.57. The molecule has 24 heavy (non-hydrogen) atoms. The van der Waals surface area contributed by atoms with Gasteiger partial charge in [0.1, 0.15) is 0 Å². The Balaban J connectivity index is 0.00000144. The van der Waals surface area contributed by atoms with Crippen molar-refractivity contribution >= 4 is 40.7 Å². The highest BCUT2D eigenvalue weighted by Gasteiger charge is 2.39. The normalized spacial score (nSPS) is 22.1. The number of benzene rings is 1. The lowest BCUT2D eigenvalue weighted by molar-refractivity contribution is -0.0316. The first-order valence-electron chi connectivity index (χ1n) is 8.58.